The Bertz CT molecular complexity index is 736. The van der Waals surface area contributed by atoms with Gasteiger partial charge in [0.15, 0.2) is 5.82 Å². The third kappa shape index (κ3) is 1.75. The molecule has 0 spiro atoms. The predicted octanol–water partition coefficient (Wildman–Crippen LogP) is 3.56. The van der Waals surface area contributed by atoms with Crippen LogP contribution in [0.3, 0.4) is 0 Å². The number of halogens is 1. The first kappa shape index (κ1) is 11.2. The van der Waals surface area contributed by atoms with Gasteiger partial charge in [-0.15, -0.1) is 0 Å². The standard InChI is InChI=1S/C13H10ClN3O/c1-7-3-4-9-5-10(14)6-15-12(9)11(7)13-16-8(2)17-18-13/h3-6H,1-2H3. The third-order valence-corrected chi connectivity index (χ3v) is 2.98. The second kappa shape index (κ2) is 4.07. The lowest BCUT2D eigenvalue weighted by atomic mass is 10.0. The van der Waals surface area contributed by atoms with Gasteiger partial charge in [-0.05, 0) is 25.5 Å². The Morgan fingerprint density at radius 3 is 2.78 bits per heavy atom. The van der Waals surface area contributed by atoms with Crippen molar-refractivity contribution in [3.8, 4) is 11.5 Å². The van der Waals surface area contributed by atoms with Crippen LogP contribution in [0.5, 0.6) is 0 Å². The first-order valence-corrected chi connectivity index (χ1v) is 5.88. The summed E-state index contributed by atoms with van der Waals surface area (Å²) < 4.78 is 5.24. The van der Waals surface area contributed by atoms with Crippen molar-refractivity contribution in [2.24, 2.45) is 0 Å². The maximum absolute atomic E-state index is 5.95. The summed E-state index contributed by atoms with van der Waals surface area (Å²) in [7, 11) is 0. The van der Waals surface area contributed by atoms with Gasteiger partial charge in [0.25, 0.3) is 5.89 Å². The van der Waals surface area contributed by atoms with E-state index in [-0.39, 0.29) is 0 Å². The molecule has 0 aliphatic carbocycles. The van der Waals surface area contributed by atoms with E-state index in [1.165, 1.54) is 0 Å². The number of pyridine rings is 1. The van der Waals surface area contributed by atoms with E-state index >= 15 is 0 Å². The largest absolute Gasteiger partial charge is 0.334 e. The number of fused-ring (bicyclic) bond motifs is 1. The molecule has 3 rings (SSSR count). The average molecular weight is 260 g/mol. The second-order valence-electron chi connectivity index (χ2n) is 4.13. The van der Waals surface area contributed by atoms with E-state index in [2.05, 4.69) is 15.1 Å². The molecule has 90 valence electrons. The number of benzene rings is 1. The third-order valence-electron chi connectivity index (χ3n) is 2.77. The Morgan fingerprint density at radius 2 is 2.06 bits per heavy atom. The number of hydrogen-bond acceptors (Lipinski definition) is 4. The smallest absolute Gasteiger partial charge is 0.260 e. The first-order chi connectivity index (χ1) is 8.65. The van der Waals surface area contributed by atoms with E-state index in [0.717, 1.165) is 22.0 Å². The summed E-state index contributed by atoms with van der Waals surface area (Å²) in [6.07, 6.45) is 1.62. The molecule has 0 saturated heterocycles. The second-order valence-corrected chi connectivity index (χ2v) is 4.57. The topological polar surface area (TPSA) is 51.8 Å². The Morgan fingerprint density at radius 1 is 1.22 bits per heavy atom. The SMILES string of the molecule is Cc1noc(-c2c(C)ccc3cc(Cl)cnc23)n1. The van der Waals surface area contributed by atoms with Crippen LogP contribution in [0.15, 0.2) is 28.9 Å². The summed E-state index contributed by atoms with van der Waals surface area (Å²) in [6.45, 7) is 3.78. The molecule has 2 aromatic heterocycles. The van der Waals surface area contributed by atoms with Crippen molar-refractivity contribution >= 4 is 22.5 Å². The molecule has 0 saturated carbocycles. The zero-order valence-electron chi connectivity index (χ0n) is 9.94. The minimum atomic E-state index is 0.491. The van der Waals surface area contributed by atoms with Gasteiger partial charge in [-0.1, -0.05) is 28.9 Å². The van der Waals surface area contributed by atoms with Crippen molar-refractivity contribution in [2.45, 2.75) is 13.8 Å². The van der Waals surface area contributed by atoms with Gasteiger partial charge in [0.1, 0.15) is 0 Å². The van der Waals surface area contributed by atoms with Crippen LogP contribution in [-0.4, -0.2) is 15.1 Å². The van der Waals surface area contributed by atoms with Gasteiger partial charge >= 0.3 is 0 Å². The summed E-state index contributed by atoms with van der Waals surface area (Å²) in [5, 5.41) is 5.39. The lowest BCUT2D eigenvalue weighted by Gasteiger charge is -2.05. The fourth-order valence-electron chi connectivity index (χ4n) is 1.94. The van der Waals surface area contributed by atoms with Crippen LogP contribution in [0.25, 0.3) is 22.4 Å². The molecule has 0 atom stereocenters. The van der Waals surface area contributed by atoms with Crippen LogP contribution in [0, 0.1) is 13.8 Å². The molecule has 1 aromatic carbocycles. The van der Waals surface area contributed by atoms with Gasteiger partial charge in [0, 0.05) is 11.6 Å². The number of rotatable bonds is 1. The van der Waals surface area contributed by atoms with Crippen molar-refractivity contribution in [1.82, 2.24) is 15.1 Å². The highest BCUT2D eigenvalue weighted by Crippen LogP contribution is 2.30. The number of aromatic nitrogens is 3. The Hall–Kier alpha value is -1.94. The summed E-state index contributed by atoms with van der Waals surface area (Å²) in [5.41, 5.74) is 2.73. The molecule has 0 amide bonds. The quantitative estimate of drug-likeness (QED) is 0.671. The van der Waals surface area contributed by atoms with Crippen LogP contribution < -0.4 is 0 Å². The number of aryl methyl sites for hydroxylation is 2. The Kier molecular flexibility index (Phi) is 2.52. The van der Waals surface area contributed by atoms with Crippen molar-refractivity contribution in [2.75, 3.05) is 0 Å². The van der Waals surface area contributed by atoms with E-state index in [0.29, 0.717) is 16.7 Å². The lowest BCUT2D eigenvalue weighted by Crippen LogP contribution is -1.89. The van der Waals surface area contributed by atoms with Gasteiger partial charge < -0.3 is 4.52 Å². The maximum Gasteiger partial charge on any atom is 0.260 e. The van der Waals surface area contributed by atoms with Crippen molar-refractivity contribution in [3.05, 3.63) is 40.8 Å². The molecule has 4 nitrogen and oxygen atoms in total. The molecule has 0 bridgehead atoms. The van der Waals surface area contributed by atoms with E-state index in [9.17, 15) is 0 Å². The summed E-state index contributed by atoms with van der Waals surface area (Å²) in [5.74, 6) is 1.10. The molecular formula is C13H10ClN3O. The van der Waals surface area contributed by atoms with E-state index < -0.39 is 0 Å². The zero-order valence-corrected chi connectivity index (χ0v) is 10.7. The Balaban J connectivity index is 2.36. The molecule has 0 unspecified atom stereocenters. The summed E-state index contributed by atoms with van der Waals surface area (Å²) in [4.78, 5) is 8.63. The van der Waals surface area contributed by atoms with E-state index in [1.807, 2.05) is 25.1 Å². The minimum absolute atomic E-state index is 0.491. The van der Waals surface area contributed by atoms with Crippen molar-refractivity contribution in [3.63, 3.8) is 0 Å². The highest BCUT2D eigenvalue weighted by molar-refractivity contribution is 6.31. The normalized spacial score (nSPS) is 11.1. The molecule has 18 heavy (non-hydrogen) atoms. The van der Waals surface area contributed by atoms with E-state index in [1.54, 1.807) is 13.1 Å². The Labute approximate surface area is 109 Å². The van der Waals surface area contributed by atoms with Gasteiger partial charge in [-0.2, -0.15) is 4.98 Å². The fourth-order valence-corrected chi connectivity index (χ4v) is 2.11. The van der Waals surface area contributed by atoms with Gasteiger partial charge in [0.05, 0.1) is 16.1 Å². The fraction of sp³-hybridized carbons (Fsp3) is 0.154. The summed E-state index contributed by atoms with van der Waals surface area (Å²) >= 11 is 5.95. The maximum atomic E-state index is 5.95. The summed E-state index contributed by atoms with van der Waals surface area (Å²) in [6, 6.07) is 5.85. The van der Waals surface area contributed by atoms with Crippen LogP contribution >= 0.6 is 11.6 Å². The highest BCUT2D eigenvalue weighted by Gasteiger charge is 2.14. The molecular weight excluding hydrogens is 250 g/mol. The number of hydrogen-bond donors (Lipinski definition) is 0. The lowest BCUT2D eigenvalue weighted by molar-refractivity contribution is 0.425. The molecule has 5 heteroatoms. The van der Waals surface area contributed by atoms with Crippen molar-refractivity contribution < 1.29 is 4.52 Å². The monoisotopic (exact) mass is 259 g/mol. The predicted molar refractivity (Wildman–Crippen MR) is 69.5 cm³/mol. The molecule has 0 fully saturated rings. The molecule has 0 N–H and O–H groups in total. The first-order valence-electron chi connectivity index (χ1n) is 5.51. The zero-order chi connectivity index (χ0) is 12.7. The molecule has 2 heterocycles. The van der Waals surface area contributed by atoms with Crippen LogP contribution in [-0.2, 0) is 0 Å². The minimum Gasteiger partial charge on any atom is -0.334 e. The number of nitrogens with zero attached hydrogens (tertiary/aromatic N) is 3. The highest BCUT2D eigenvalue weighted by atomic mass is 35.5. The molecule has 0 aliphatic rings. The van der Waals surface area contributed by atoms with Crippen molar-refractivity contribution in [1.29, 1.82) is 0 Å². The van der Waals surface area contributed by atoms with Crippen LogP contribution in [0.2, 0.25) is 5.02 Å². The van der Waals surface area contributed by atoms with E-state index in [4.69, 9.17) is 16.1 Å². The van der Waals surface area contributed by atoms with Crippen LogP contribution in [0.1, 0.15) is 11.4 Å². The molecule has 0 aliphatic heterocycles. The molecule has 0 radical (unpaired) electrons. The van der Waals surface area contributed by atoms with Gasteiger partial charge in [-0.25, -0.2) is 0 Å². The van der Waals surface area contributed by atoms with Gasteiger partial charge in [-0.3, -0.25) is 4.98 Å². The van der Waals surface area contributed by atoms with Crippen LogP contribution in [0.4, 0.5) is 0 Å². The molecule has 3 aromatic rings. The van der Waals surface area contributed by atoms with Gasteiger partial charge in [0.2, 0.25) is 0 Å². The average Bonchev–Trinajstić information content (AvgIpc) is 2.76.